The number of hydrogen-bond donors (Lipinski definition) is 2. The van der Waals surface area contributed by atoms with Crippen LogP contribution in [0.3, 0.4) is 0 Å². The number of hydrogen-bond acceptors (Lipinski definition) is 5. The zero-order valence-electron chi connectivity index (χ0n) is 18.5. The Labute approximate surface area is 190 Å². The Kier molecular flexibility index (Phi) is 7.09. The van der Waals surface area contributed by atoms with E-state index in [2.05, 4.69) is 10.0 Å². The van der Waals surface area contributed by atoms with Crippen LogP contribution in [0, 0.1) is 0 Å². The first-order valence-corrected chi connectivity index (χ1v) is 13.3. The largest absolute Gasteiger partial charge is 0.348 e. The monoisotopic (exact) mass is 479 g/mol. The Bertz CT molecular complexity index is 1160. The second kappa shape index (κ2) is 9.30. The summed E-state index contributed by atoms with van der Waals surface area (Å²) in [6, 6.07) is 12.2. The fourth-order valence-corrected chi connectivity index (χ4v) is 6.32. The molecule has 1 heterocycles. The van der Waals surface area contributed by atoms with Crippen molar-refractivity contribution in [1.82, 2.24) is 14.3 Å². The first-order valence-electron chi connectivity index (χ1n) is 10.4. The van der Waals surface area contributed by atoms with Crippen LogP contribution in [0.1, 0.15) is 49.5 Å². The quantitative estimate of drug-likeness (QED) is 0.634. The van der Waals surface area contributed by atoms with Gasteiger partial charge < -0.3 is 5.32 Å². The minimum absolute atomic E-state index is 0.0822. The highest BCUT2D eigenvalue weighted by Gasteiger charge is 2.27. The molecule has 10 heteroatoms. The van der Waals surface area contributed by atoms with Crippen molar-refractivity contribution in [3.05, 3.63) is 59.7 Å². The molecule has 32 heavy (non-hydrogen) atoms. The number of sulfonamides is 2. The van der Waals surface area contributed by atoms with Gasteiger partial charge in [-0.25, -0.2) is 21.6 Å². The normalized spacial score (nSPS) is 15.6. The van der Waals surface area contributed by atoms with E-state index >= 15 is 0 Å². The molecule has 3 rings (SSSR count). The van der Waals surface area contributed by atoms with E-state index in [4.69, 9.17) is 0 Å². The van der Waals surface area contributed by atoms with Crippen LogP contribution < -0.4 is 10.0 Å². The smallest absolute Gasteiger partial charge is 0.251 e. The first-order chi connectivity index (χ1) is 14.9. The highest BCUT2D eigenvalue weighted by Crippen LogP contribution is 2.21. The minimum atomic E-state index is -3.67. The van der Waals surface area contributed by atoms with Gasteiger partial charge in [-0.15, -0.1) is 0 Å². The van der Waals surface area contributed by atoms with Crippen LogP contribution in [0.15, 0.2) is 58.3 Å². The average molecular weight is 480 g/mol. The molecule has 2 N–H and O–H groups in total. The molecular weight excluding hydrogens is 450 g/mol. The summed E-state index contributed by atoms with van der Waals surface area (Å²) < 4.78 is 53.9. The molecule has 1 aliphatic rings. The van der Waals surface area contributed by atoms with Crippen LogP contribution in [0.25, 0.3) is 0 Å². The van der Waals surface area contributed by atoms with Gasteiger partial charge in [0.1, 0.15) is 0 Å². The van der Waals surface area contributed by atoms with E-state index in [1.807, 2.05) is 0 Å². The summed E-state index contributed by atoms with van der Waals surface area (Å²) in [4.78, 5) is 12.8. The Morgan fingerprint density at radius 3 is 1.94 bits per heavy atom. The van der Waals surface area contributed by atoms with Crippen molar-refractivity contribution in [2.45, 2.75) is 55.5 Å². The summed E-state index contributed by atoms with van der Waals surface area (Å²) in [6.07, 6.45) is 1.76. The van der Waals surface area contributed by atoms with Crippen molar-refractivity contribution in [3.8, 4) is 0 Å². The number of nitrogens with zero attached hydrogens (tertiary/aromatic N) is 1. The summed E-state index contributed by atoms with van der Waals surface area (Å²) in [6.45, 7) is 6.57. The number of amides is 1. The number of carbonyl (C=O) groups is 1. The van der Waals surface area contributed by atoms with Crippen molar-refractivity contribution in [2.75, 3.05) is 13.1 Å². The number of nitrogens with one attached hydrogen (secondary N) is 2. The topological polar surface area (TPSA) is 113 Å². The molecule has 1 fully saturated rings. The molecular formula is C22H29N3O5S2. The molecule has 174 valence electrons. The number of benzene rings is 2. The maximum Gasteiger partial charge on any atom is 0.251 e. The Morgan fingerprint density at radius 2 is 1.41 bits per heavy atom. The van der Waals surface area contributed by atoms with Gasteiger partial charge in [0.15, 0.2) is 0 Å². The molecule has 2 aromatic rings. The van der Waals surface area contributed by atoms with Gasteiger partial charge in [-0.1, -0.05) is 12.1 Å². The third-order valence-corrected chi connectivity index (χ3v) is 8.63. The second-order valence-corrected chi connectivity index (χ2v) is 12.4. The van der Waals surface area contributed by atoms with Crippen LogP contribution in [0.4, 0.5) is 0 Å². The predicted octanol–water partition coefficient (Wildman–Crippen LogP) is 2.48. The van der Waals surface area contributed by atoms with E-state index in [0.29, 0.717) is 18.7 Å². The third kappa shape index (κ3) is 5.94. The SMILES string of the molecule is CC(C)(C)NS(=O)(=O)c1ccc(C(=O)NCc2ccc(S(=O)(=O)N3CCCC3)cc2)cc1. The van der Waals surface area contributed by atoms with Gasteiger partial charge in [0, 0.05) is 30.7 Å². The lowest BCUT2D eigenvalue weighted by atomic mass is 10.1. The lowest BCUT2D eigenvalue weighted by Gasteiger charge is -2.20. The fraction of sp³-hybridized carbons (Fsp3) is 0.409. The average Bonchev–Trinajstić information content (AvgIpc) is 3.26. The number of rotatable bonds is 7. The molecule has 1 amide bonds. The Balaban J connectivity index is 1.61. The zero-order chi connectivity index (χ0) is 23.6. The standard InChI is InChI=1S/C22H29N3O5S2/c1-22(2,3)24-31(27,28)19-12-8-18(9-13-19)21(26)23-16-17-6-10-20(11-7-17)32(29,30)25-14-4-5-15-25/h6-13,24H,4-5,14-16H2,1-3H3,(H,23,26). The van der Waals surface area contributed by atoms with Gasteiger partial charge in [0.25, 0.3) is 5.91 Å². The Hall–Kier alpha value is -2.27. The lowest BCUT2D eigenvalue weighted by Crippen LogP contribution is -2.40. The van der Waals surface area contributed by atoms with Gasteiger partial charge in [0.05, 0.1) is 9.79 Å². The van der Waals surface area contributed by atoms with E-state index in [1.54, 1.807) is 45.0 Å². The summed E-state index contributed by atoms with van der Waals surface area (Å²) in [5.74, 6) is -0.355. The molecule has 0 bridgehead atoms. The van der Waals surface area contributed by atoms with Gasteiger partial charge in [-0.05, 0) is 75.6 Å². The highest BCUT2D eigenvalue weighted by molar-refractivity contribution is 7.89. The van der Waals surface area contributed by atoms with E-state index in [1.165, 1.54) is 28.6 Å². The zero-order valence-corrected chi connectivity index (χ0v) is 20.1. The predicted molar refractivity (Wildman–Crippen MR) is 122 cm³/mol. The van der Waals surface area contributed by atoms with Crippen molar-refractivity contribution in [3.63, 3.8) is 0 Å². The van der Waals surface area contributed by atoms with Crippen molar-refractivity contribution < 1.29 is 21.6 Å². The highest BCUT2D eigenvalue weighted by atomic mass is 32.2. The molecule has 0 unspecified atom stereocenters. The fourth-order valence-electron chi connectivity index (χ4n) is 3.39. The van der Waals surface area contributed by atoms with E-state index in [0.717, 1.165) is 18.4 Å². The van der Waals surface area contributed by atoms with Crippen LogP contribution in [-0.2, 0) is 26.6 Å². The molecule has 0 saturated carbocycles. The summed E-state index contributed by atoms with van der Waals surface area (Å²) in [7, 11) is -7.14. The molecule has 1 saturated heterocycles. The molecule has 0 atom stereocenters. The molecule has 0 aliphatic carbocycles. The maximum absolute atomic E-state index is 12.6. The number of carbonyl (C=O) groups excluding carboxylic acids is 1. The molecule has 2 aromatic carbocycles. The van der Waals surface area contributed by atoms with Gasteiger partial charge in [-0.3, -0.25) is 4.79 Å². The van der Waals surface area contributed by atoms with Crippen LogP contribution >= 0.6 is 0 Å². The summed E-state index contributed by atoms with van der Waals surface area (Å²) in [5, 5.41) is 2.76. The molecule has 0 aromatic heterocycles. The van der Waals surface area contributed by atoms with Crippen LogP contribution in [-0.4, -0.2) is 45.7 Å². The van der Waals surface area contributed by atoms with Gasteiger partial charge >= 0.3 is 0 Å². The van der Waals surface area contributed by atoms with Crippen LogP contribution in [0.5, 0.6) is 0 Å². The molecule has 1 aliphatic heterocycles. The minimum Gasteiger partial charge on any atom is -0.348 e. The Morgan fingerprint density at radius 1 is 0.875 bits per heavy atom. The van der Waals surface area contributed by atoms with Crippen LogP contribution in [0.2, 0.25) is 0 Å². The van der Waals surface area contributed by atoms with Crippen molar-refractivity contribution in [1.29, 1.82) is 0 Å². The molecule has 8 nitrogen and oxygen atoms in total. The van der Waals surface area contributed by atoms with Gasteiger partial charge in [-0.2, -0.15) is 4.31 Å². The van der Waals surface area contributed by atoms with Crippen molar-refractivity contribution in [2.24, 2.45) is 0 Å². The summed E-state index contributed by atoms with van der Waals surface area (Å²) in [5.41, 5.74) is 0.471. The molecule has 0 radical (unpaired) electrons. The van der Waals surface area contributed by atoms with E-state index < -0.39 is 25.6 Å². The maximum atomic E-state index is 12.6. The van der Waals surface area contributed by atoms with E-state index in [-0.39, 0.29) is 22.2 Å². The van der Waals surface area contributed by atoms with Crippen molar-refractivity contribution >= 4 is 26.0 Å². The summed E-state index contributed by atoms with van der Waals surface area (Å²) >= 11 is 0. The third-order valence-electron chi connectivity index (χ3n) is 4.95. The lowest BCUT2D eigenvalue weighted by molar-refractivity contribution is 0.0950. The molecule has 0 spiro atoms. The first kappa shape index (κ1) is 24.4. The van der Waals surface area contributed by atoms with E-state index in [9.17, 15) is 21.6 Å². The van der Waals surface area contributed by atoms with Gasteiger partial charge in [0.2, 0.25) is 20.0 Å². The second-order valence-electron chi connectivity index (χ2n) is 8.82.